The number of carbonyl (C=O) groups is 2. The summed E-state index contributed by atoms with van der Waals surface area (Å²) in [5, 5.41) is 7.01. The van der Waals surface area contributed by atoms with Crippen LogP contribution in [-0.2, 0) is 16.1 Å². The molecular weight excluding hydrogens is 370 g/mol. The molecule has 2 aliphatic heterocycles. The van der Waals surface area contributed by atoms with Crippen molar-refractivity contribution in [2.24, 2.45) is 0 Å². The van der Waals surface area contributed by atoms with E-state index in [1.807, 2.05) is 37.3 Å². The number of anilines is 2. The van der Waals surface area contributed by atoms with E-state index in [2.05, 4.69) is 20.3 Å². The first-order chi connectivity index (χ1) is 14.1. The van der Waals surface area contributed by atoms with Gasteiger partial charge in [0.05, 0.1) is 12.2 Å². The monoisotopic (exact) mass is 397 g/mol. The molecule has 0 atom stereocenters. The molecule has 0 aliphatic carbocycles. The molecule has 0 spiro atoms. The minimum Gasteiger partial charge on any atom is -0.361 e. The number of carbonyl (C=O) groups excluding carboxylic acids is 2. The van der Waals surface area contributed by atoms with Gasteiger partial charge in [-0.15, -0.1) is 0 Å². The number of benzene rings is 1. The largest absolute Gasteiger partial charge is 0.361 e. The maximum absolute atomic E-state index is 12.5. The van der Waals surface area contributed by atoms with Crippen LogP contribution in [0.2, 0.25) is 0 Å². The molecule has 2 saturated heterocycles. The lowest BCUT2D eigenvalue weighted by Gasteiger charge is -2.33. The van der Waals surface area contributed by atoms with Crippen LogP contribution in [0.4, 0.5) is 11.4 Å². The zero-order valence-electron chi connectivity index (χ0n) is 16.8. The van der Waals surface area contributed by atoms with Gasteiger partial charge in [0.15, 0.2) is 0 Å². The molecule has 0 bridgehead atoms. The van der Waals surface area contributed by atoms with Crippen LogP contribution >= 0.6 is 0 Å². The zero-order valence-corrected chi connectivity index (χ0v) is 16.8. The third kappa shape index (κ3) is 5.02. The number of aryl methyl sites for hydroxylation is 1. The Balaban J connectivity index is 1.25. The van der Waals surface area contributed by atoms with Crippen molar-refractivity contribution in [3.05, 3.63) is 41.8 Å². The first-order valence-corrected chi connectivity index (χ1v) is 10.1. The van der Waals surface area contributed by atoms with Gasteiger partial charge in [0.25, 0.3) is 0 Å². The van der Waals surface area contributed by atoms with Crippen LogP contribution in [-0.4, -0.2) is 66.0 Å². The molecule has 3 heterocycles. The summed E-state index contributed by atoms with van der Waals surface area (Å²) in [4.78, 5) is 30.7. The topological polar surface area (TPSA) is 81.9 Å². The van der Waals surface area contributed by atoms with E-state index in [4.69, 9.17) is 4.52 Å². The number of hydrogen-bond donors (Lipinski definition) is 1. The van der Waals surface area contributed by atoms with Gasteiger partial charge < -0.3 is 14.7 Å². The number of rotatable bonds is 6. The maximum Gasteiger partial charge on any atom is 0.238 e. The highest BCUT2D eigenvalue weighted by atomic mass is 16.5. The first kappa shape index (κ1) is 19.6. The Morgan fingerprint density at radius 1 is 1.14 bits per heavy atom. The van der Waals surface area contributed by atoms with E-state index in [-0.39, 0.29) is 11.8 Å². The van der Waals surface area contributed by atoms with Gasteiger partial charge >= 0.3 is 0 Å². The number of aromatic nitrogens is 1. The van der Waals surface area contributed by atoms with Crippen LogP contribution in [0.5, 0.6) is 0 Å². The molecule has 4 rings (SSSR count). The summed E-state index contributed by atoms with van der Waals surface area (Å²) in [6, 6.07) is 9.48. The molecule has 154 valence electrons. The normalized spacial score (nSPS) is 18.4. The Hall–Kier alpha value is -2.71. The summed E-state index contributed by atoms with van der Waals surface area (Å²) in [7, 11) is 0. The van der Waals surface area contributed by atoms with Crippen molar-refractivity contribution >= 4 is 23.2 Å². The van der Waals surface area contributed by atoms with Crippen LogP contribution in [0.1, 0.15) is 24.3 Å². The number of piperazine rings is 1. The number of nitrogens with one attached hydrogen (secondary N) is 1. The third-order valence-electron chi connectivity index (χ3n) is 5.41. The van der Waals surface area contributed by atoms with Crippen molar-refractivity contribution in [2.75, 3.05) is 49.5 Å². The molecule has 8 heteroatoms. The summed E-state index contributed by atoms with van der Waals surface area (Å²) < 4.78 is 5.12. The Labute approximate surface area is 170 Å². The summed E-state index contributed by atoms with van der Waals surface area (Å²) in [6.07, 6.45) is 1.48. The fourth-order valence-corrected chi connectivity index (χ4v) is 3.90. The summed E-state index contributed by atoms with van der Waals surface area (Å²) in [5.41, 5.74) is 2.53. The van der Waals surface area contributed by atoms with Crippen molar-refractivity contribution in [3.63, 3.8) is 0 Å². The fourth-order valence-electron chi connectivity index (χ4n) is 3.90. The lowest BCUT2D eigenvalue weighted by atomic mass is 10.2. The highest BCUT2D eigenvalue weighted by Gasteiger charge is 2.22. The lowest BCUT2D eigenvalue weighted by Crippen LogP contribution is -2.48. The van der Waals surface area contributed by atoms with E-state index in [1.165, 1.54) is 0 Å². The Morgan fingerprint density at radius 3 is 2.62 bits per heavy atom. The summed E-state index contributed by atoms with van der Waals surface area (Å²) in [5.74, 6) is 0.941. The van der Waals surface area contributed by atoms with E-state index >= 15 is 0 Å². The molecule has 8 nitrogen and oxygen atoms in total. The highest BCUT2D eigenvalue weighted by Crippen LogP contribution is 2.24. The van der Waals surface area contributed by atoms with Crippen LogP contribution in [0.25, 0.3) is 0 Å². The molecule has 2 fully saturated rings. The van der Waals surface area contributed by atoms with E-state index in [9.17, 15) is 9.59 Å². The second kappa shape index (κ2) is 8.75. The van der Waals surface area contributed by atoms with Gasteiger partial charge in [-0.1, -0.05) is 11.2 Å². The number of amides is 2. The van der Waals surface area contributed by atoms with E-state index < -0.39 is 0 Å². The van der Waals surface area contributed by atoms with Crippen LogP contribution < -0.4 is 10.2 Å². The van der Waals surface area contributed by atoms with Crippen molar-refractivity contribution < 1.29 is 14.1 Å². The molecule has 2 amide bonds. The quantitative estimate of drug-likeness (QED) is 0.801. The molecule has 1 aromatic carbocycles. The molecule has 0 unspecified atom stereocenters. The van der Waals surface area contributed by atoms with Gasteiger partial charge in [0, 0.05) is 63.1 Å². The maximum atomic E-state index is 12.5. The molecule has 2 aromatic rings. The minimum absolute atomic E-state index is 0.0320. The first-order valence-electron chi connectivity index (χ1n) is 10.1. The number of nitrogens with zero attached hydrogens (tertiary/aromatic N) is 4. The minimum atomic E-state index is -0.0320. The van der Waals surface area contributed by atoms with Crippen LogP contribution in [0.15, 0.2) is 34.9 Å². The second-order valence-corrected chi connectivity index (χ2v) is 7.73. The molecule has 1 N–H and O–H groups in total. The summed E-state index contributed by atoms with van der Waals surface area (Å²) >= 11 is 0. The second-order valence-electron chi connectivity index (χ2n) is 7.73. The van der Waals surface area contributed by atoms with Gasteiger partial charge in [-0.25, -0.2) is 0 Å². The molecular formula is C21H27N5O3. The van der Waals surface area contributed by atoms with Gasteiger partial charge in [0.1, 0.15) is 5.76 Å². The van der Waals surface area contributed by atoms with Crippen molar-refractivity contribution in [3.8, 4) is 0 Å². The van der Waals surface area contributed by atoms with Crippen molar-refractivity contribution in [1.29, 1.82) is 0 Å². The zero-order chi connectivity index (χ0) is 20.2. The van der Waals surface area contributed by atoms with Gasteiger partial charge in [-0.05, 0) is 31.5 Å². The molecule has 1 aromatic heterocycles. The molecule has 0 saturated carbocycles. The predicted molar refractivity (Wildman–Crippen MR) is 110 cm³/mol. The van der Waals surface area contributed by atoms with E-state index in [0.29, 0.717) is 13.0 Å². The van der Waals surface area contributed by atoms with Gasteiger partial charge in [0.2, 0.25) is 11.8 Å². The molecule has 0 radical (unpaired) electrons. The highest BCUT2D eigenvalue weighted by molar-refractivity contribution is 5.97. The van der Waals surface area contributed by atoms with E-state index in [1.54, 1.807) is 4.90 Å². The Morgan fingerprint density at radius 2 is 1.93 bits per heavy atom. The average molecular weight is 397 g/mol. The SMILES string of the molecule is Cc1cc(CN2CCN(CC(=O)Nc3cccc(N4CCCC4=O)c3)CC2)no1. The van der Waals surface area contributed by atoms with Crippen molar-refractivity contribution in [2.45, 2.75) is 26.3 Å². The fraction of sp³-hybridized carbons (Fsp3) is 0.476. The predicted octanol–water partition coefficient (Wildman–Crippen LogP) is 1.87. The van der Waals surface area contributed by atoms with Crippen molar-refractivity contribution in [1.82, 2.24) is 15.0 Å². The number of hydrogen-bond acceptors (Lipinski definition) is 6. The Kier molecular flexibility index (Phi) is 5.92. The third-order valence-corrected chi connectivity index (χ3v) is 5.41. The molecule has 2 aliphatic rings. The van der Waals surface area contributed by atoms with Crippen LogP contribution in [0, 0.1) is 6.92 Å². The summed E-state index contributed by atoms with van der Waals surface area (Å²) in [6.45, 7) is 7.25. The Bertz CT molecular complexity index is 873. The van der Waals surface area contributed by atoms with Crippen LogP contribution in [0.3, 0.4) is 0 Å². The molecule has 29 heavy (non-hydrogen) atoms. The average Bonchev–Trinajstić information content (AvgIpc) is 3.31. The smallest absolute Gasteiger partial charge is 0.238 e. The van der Waals surface area contributed by atoms with E-state index in [0.717, 1.165) is 68.5 Å². The standard InChI is InChI=1S/C21H27N5O3/c1-16-12-18(23-29-16)14-24-8-10-25(11-9-24)15-20(27)22-17-4-2-5-19(13-17)26-7-3-6-21(26)28/h2,4-5,12-13H,3,6-11,14-15H2,1H3,(H,22,27). The lowest BCUT2D eigenvalue weighted by molar-refractivity contribution is -0.118. The van der Waals surface area contributed by atoms with Gasteiger partial charge in [-0.2, -0.15) is 0 Å². The van der Waals surface area contributed by atoms with Gasteiger partial charge in [-0.3, -0.25) is 19.4 Å².